The van der Waals surface area contributed by atoms with Gasteiger partial charge in [0.15, 0.2) is 0 Å². The highest BCUT2D eigenvalue weighted by atomic mass is 16.2. The van der Waals surface area contributed by atoms with E-state index >= 15 is 0 Å². The maximum absolute atomic E-state index is 12.3. The Morgan fingerprint density at radius 3 is 2.40 bits per heavy atom. The maximum atomic E-state index is 12.3. The van der Waals surface area contributed by atoms with Crippen molar-refractivity contribution in [3.05, 3.63) is 30.1 Å². The molecule has 3 rings (SSSR count). The summed E-state index contributed by atoms with van der Waals surface area (Å²) in [7, 11) is 0. The van der Waals surface area contributed by atoms with Crippen molar-refractivity contribution in [1.82, 2.24) is 20.5 Å². The Morgan fingerprint density at radius 1 is 1.20 bits per heavy atom. The number of hydrogen-bond donors (Lipinski definition) is 2. The molecule has 1 aromatic rings. The molecule has 7 heteroatoms. The fourth-order valence-corrected chi connectivity index (χ4v) is 2.65. The Hall–Kier alpha value is -2.44. The molecule has 0 radical (unpaired) electrons. The average Bonchev–Trinajstić information content (AvgIpc) is 2.74. The van der Waals surface area contributed by atoms with Gasteiger partial charge in [0, 0.05) is 31.0 Å². The summed E-state index contributed by atoms with van der Waals surface area (Å²) in [6.07, 6.45) is 4.01. The van der Waals surface area contributed by atoms with Crippen molar-refractivity contribution in [3.8, 4) is 0 Å². The minimum atomic E-state index is -0.841. The standard InChI is InChI=1S/C13H14N4O3/c18-10(9-1-5-14-6-2-9)17-7-3-13(4-8-17)11(19)15-12(20)16-13/h1-2,5-6H,3-4,7-8H2,(H2,15,16,19,20). The van der Waals surface area contributed by atoms with Gasteiger partial charge >= 0.3 is 6.03 Å². The second kappa shape index (κ2) is 4.59. The minimum absolute atomic E-state index is 0.0769. The zero-order chi connectivity index (χ0) is 14.2. The first kappa shape index (κ1) is 12.6. The van der Waals surface area contributed by atoms with E-state index in [2.05, 4.69) is 15.6 Å². The molecule has 0 aromatic carbocycles. The number of imide groups is 1. The summed E-state index contributed by atoms with van der Waals surface area (Å²) in [5.41, 5.74) is -0.262. The number of aromatic nitrogens is 1. The molecule has 0 unspecified atom stereocenters. The smallest absolute Gasteiger partial charge is 0.322 e. The van der Waals surface area contributed by atoms with E-state index in [1.807, 2.05) is 0 Å². The van der Waals surface area contributed by atoms with Gasteiger partial charge in [-0.25, -0.2) is 4.79 Å². The zero-order valence-corrected chi connectivity index (χ0v) is 10.8. The van der Waals surface area contributed by atoms with Crippen molar-refractivity contribution in [2.45, 2.75) is 18.4 Å². The van der Waals surface area contributed by atoms with Gasteiger partial charge in [0.25, 0.3) is 11.8 Å². The summed E-state index contributed by atoms with van der Waals surface area (Å²) < 4.78 is 0. The number of urea groups is 1. The van der Waals surface area contributed by atoms with Crippen molar-refractivity contribution >= 4 is 17.8 Å². The van der Waals surface area contributed by atoms with Crippen LogP contribution < -0.4 is 10.6 Å². The second-order valence-electron chi connectivity index (χ2n) is 5.02. The number of pyridine rings is 1. The molecule has 2 saturated heterocycles. The van der Waals surface area contributed by atoms with Gasteiger partial charge in [0.1, 0.15) is 5.54 Å². The van der Waals surface area contributed by atoms with Crippen LogP contribution in [0.15, 0.2) is 24.5 Å². The van der Waals surface area contributed by atoms with E-state index < -0.39 is 11.6 Å². The Balaban J connectivity index is 1.69. The summed E-state index contributed by atoms with van der Waals surface area (Å²) in [6.45, 7) is 0.879. The fraction of sp³-hybridized carbons (Fsp3) is 0.385. The Labute approximate surface area is 115 Å². The summed E-state index contributed by atoms with van der Waals surface area (Å²) in [6, 6.07) is 2.87. The molecule has 0 atom stereocenters. The molecule has 1 spiro atoms. The van der Waals surface area contributed by atoms with E-state index in [0.717, 1.165) is 0 Å². The number of nitrogens with one attached hydrogen (secondary N) is 2. The van der Waals surface area contributed by atoms with Crippen LogP contribution in [-0.2, 0) is 4.79 Å². The first-order valence-electron chi connectivity index (χ1n) is 6.44. The van der Waals surface area contributed by atoms with Gasteiger partial charge < -0.3 is 10.2 Å². The van der Waals surface area contributed by atoms with Crippen LogP contribution in [-0.4, -0.2) is 46.4 Å². The first-order valence-corrected chi connectivity index (χ1v) is 6.44. The van der Waals surface area contributed by atoms with Crippen LogP contribution in [0, 0.1) is 0 Å². The molecule has 7 nitrogen and oxygen atoms in total. The number of likely N-dealkylation sites (tertiary alicyclic amines) is 1. The largest absolute Gasteiger partial charge is 0.338 e. The van der Waals surface area contributed by atoms with E-state index in [9.17, 15) is 14.4 Å². The molecule has 104 valence electrons. The van der Waals surface area contributed by atoms with Crippen LogP contribution in [0.2, 0.25) is 0 Å². The molecule has 4 amide bonds. The number of amides is 4. The molecule has 0 aliphatic carbocycles. The normalized spacial score (nSPS) is 20.7. The third-order valence-electron chi connectivity index (χ3n) is 3.85. The Morgan fingerprint density at radius 2 is 1.85 bits per heavy atom. The van der Waals surface area contributed by atoms with E-state index in [4.69, 9.17) is 0 Å². The van der Waals surface area contributed by atoms with Crippen LogP contribution in [0.3, 0.4) is 0 Å². The molecular weight excluding hydrogens is 260 g/mol. The fourth-order valence-electron chi connectivity index (χ4n) is 2.65. The first-order chi connectivity index (χ1) is 9.61. The van der Waals surface area contributed by atoms with Gasteiger partial charge in [-0.3, -0.25) is 19.9 Å². The third-order valence-corrected chi connectivity index (χ3v) is 3.85. The molecule has 2 fully saturated rings. The van der Waals surface area contributed by atoms with Gasteiger partial charge in [0.2, 0.25) is 0 Å². The maximum Gasteiger partial charge on any atom is 0.322 e. The van der Waals surface area contributed by atoms with Crippen molar-refractivity contribution in [2.24, 2.45) is 0 Å². The van der Waals surface area contributed by atoms with Crippen LogP contribution >= 0.6 is 0 Å². The predicted octanol–water partition coefficient (Wildman–Crippen LogP) is -0.104. The lowest BCUT2D eigenvalue weighted by atomic mass is 9.87. The number of carbonyl (C=O) groups is 3. The van der Waals surface area contributed by atoms with Gasteiger partial charge in [-0.05, 0) is 25.0 Å². The van der Waals surface area contributed by atoms with E-state index in [-0.39, 0.29) is 11.8 Å². The molecule has 0 saturated carbocycles. The topological polar surface area (TPSA) is 91.4 Å². The molecule has 2 aliphatic rings. The molecule has 1 aromatic heterocycles. The summed E-state index contributed by atoms with van der Waals surface area (Å²) in [5.74, 6) is -0.370. The molecule has 0 bridgehead atoms. The van der Waals surface area contributed by atoms with Crippen molar-refractivity contribution < 1.29 is 14.4 Å². The lowest BCUT2D eigenvalue weighted by Crippen LogP contribution is -2.55. The van der Waals surface area contributed by atoms with Crippen LogP contribution in [0.1, 0.15) is 23.2 Å². The van der Waals surface area contributed by atoms with Crippen molar-refractivity contribution in [1.29, 1.82) is 0 Å². The highest BCUT2D eigenvalue weighted by Crippen LogP contribution is 2.26. The van der Waals surface area contributed by atoms with E-state index in [1.165, 1.54) is 0 Å². The molecule has 2 aliphatic heterocycles. The molecular formula is C13H14N4O3. The lowest BCUT2D eigenvalue weighted by Gasteiger charge is -2.36. The van der Waals surface area contributed by atoms with Gasteiger partial charge in [0.05, 0.1) is 0 Å². The molecule has 2 N–H and O–H groups in total. The van der Waals surface area contributed by atoms with Crippen molar-refractivity contribution in [3.63, 3.8) is 0 Å². The van der Waals surface area contributed by atoms with Gasteiger partial charge in [-0.15, -0.1) is 0 Å². The van der Waals surface area contributed by atoms with E-state index in [1.54, 1.807) is 29.4 Å². The number of rotatable bonds is 1. The summed E-state index contributed by atoms with van der Waals surface area (Å²) in [5, 5.41) is 4.92. The van der Waals surface area contributed by atoms with Gasteiger partial charge in [-0.2, -0.15) is 0 Å². The number of carbonyl (C=O) groups excluding carboxylic acids is 3. The SMILES string of the molecule is O=C1NC(=O)C2(CCN(C(=O)c3ccncc3)CC2)N1. The van der Waals surface area contributed by atoms with Gasteiger partial charge in [-0.1, -0.05) is 0 Å². The second-order valence-corrected chi connectivity index (χ2v) is 5.02. The zero-order valence-electron chi connectivity index (χ0n) is 10.8. The number of hydrogen-bond acceptors (Lipinski definition) is 4. The average molecular weight is 274 g/mol. The highest BCUT2D eigenvalue weighted by Gasteiger charge is 2.48. The van der Waals surface area contributed by atoms with Crippen LogP contribution in [0.4, 0.5) is 4.79 Å². The summed E-state index contributed by atoms with van der Waals surface area (Å²) in [4.78, 5) is 40.9. The number of nitrogens with zero attached hydrogens (tertiary/aromatic N) is 2. The van der Waals surface area contributed by atoms with Crippen LogP contribution in [0.5, 0.6) is 0 Å². The highest BCUT2D eigenvalue weighted by molar-refractivity contribution is 6.07. The monoisotopic (exact) mass is 274 g/mol. The molecule has 20 heavy (non-hydrogen) atoms. The third kappa shape index (κ3) is 2.01. The quantitative estimate of drug-likeness (QED) is 0.699. The minimum Gasteiger partial charge on any atom is -0.338 e. The number of piperidine rings is 1. The lowest BCUT2D eigenvalue weighted by molar-refractivity contribution is -0.125. The van der Waals surface area contributed by atoms with Crippen molar-refractivity contribution in [2.75, 3.05) is 13.1 Å². The van der Waals surface area contributed by atoms with E-state index in [0.29, 0.717) is 31.5 Å². The Bertz CT molecular complexity index is 564. The Kier molecular flexibility index (Phi) is 2.89. The molecule has 3 heterocycles. The predicted molar refractivity (Wildman–Crippen MR) is 68.8 cm³/mol. The van der Waals surface area contributed by atoms with Crippen LogP contribution in [0.25, 0.3) is 0 Å². The summed E-state index contributed by atoms with van der Waals surface area (Å²) >= 11 is 0.